The lowest BCUT2D eigenvalue weighted by molar-refractivity contribution is -0.146. The number of amides is 1. The van der Waals surface area contributed by atoms with E-state index < -0.39 is 5.92 Å². The SMILES string of the molecule is COC(=O)[C@@H]1C[C@@H](NC(=O)C(c2ccccc2)c2ccccc2)CN1Cc1cc(C)ccc1C. The highest BCUT2D eigenvalue weighted by atomic mass is 16.5. The molecular formula is C29H32N2O3. The third kappa shape index (κ3) is 5.37. The third-order valence-corrected chi connectivity index (χ3v) is 6.63. The number of carbonyl (C=O) groups excluding carboxylic acids is 2. The molecular weight excluding hydrogens is 424 g/mol. The molecule has 0 saturated carbocycles. The number of ether oxygens (including phenoxy) is 1. The van der Waals surface area contributed by atoms with Gasteiger partial charge in [0.15, 0.2) is 0 Å². The minimum absolute atomic E-state index is 0.0559. The number of benzene rings is 3. The summed E-state index contributed by atoms with van der Waals surface area (Å²) in [6.07, 6.45) is 0.527. The van der Waals surface area contributed by atoms with Crippen molar-refractivity contribution in [1.29, 1.82) is 0 Å². The fourth-order valence-corrected chi connectivity index (χ4v) is 4.82. The van der Waals surface area contributed by atoms with Crippen molar-refractivity contribution < 1.29 is 14.3 Å². The summed E-state index contributed by atoms with van der Waals surface area (Å²) >= 11 is 0. The molecule has 0 aliphatic carbocycles. The topological polar surface area (TPSA) is 58.6 Å². The smallest absolute Gasteiger partial charge is 0.323 e. The first-order chi connectivity index (χ1) is 16.5. The summed E-state index contributed by atoms with van der Waals surface area (Å²) in [5.41, 5.74) is 5.46. The van der Waals surface area contributed by atoms with E-state index in [-0.39, 0.29) is 24.0 Å². The van der Waals surface area contributed by atoms with E-state index in [4.69, 9.17) is 4.74 Å². The van der Waals surface area contributed by atoms with Gasteiger partial charge in [-0.25, -0.2) is 0 Å². The Labute approximate surface area is 201 Å². The van der Waals surface area contributed by atoms with Crippen LogP contribution in [0.1, 0.15) is 40.2 Å². The van der Waals surface area contributed by atoms with Crippen molar-refractivity contribution in [2.45, 2.75) is 44.8 Å². The number of nitrogens with one attached hydrogen (secondary N) is 1. The van der Waals surface area contributed by atoms with Crippen molar-refractivity contribution in [2.24, 2.45) is 0 Å². The lowest BCUT2D eigenvalue weighted by Crippen LogP contribution is -2.40. The summed E-state index contributed by atoms with van der Waals surface area (Å²) in [6, 6.07) is 25.5. The van der Waals surface area contributed by atoms with Crippen LogP contribution in [0, 0.1) is 13.8 Å². The van der Waals surface area contributed by atoms with Crippen LogP contribution in [0.25, 0.3) is 0 Å². The van der Waals surface area contributed by atoms with Crippen molar-refractivity contribution >= 4 is 11.9 Å². The zero-order chi connectivity index (χ0) is 24.1. The number of carbonyl (C=O) groups is 2. The normalized spacial score (nSPS) is 18.1. The van der Waals surface area contributed by atoms with Gasteiger partial charge in [0, 0.05) is 19.1 Å². The molecule has 0 spiro atoms. The molecule has 5 nitrogen and oxygen atoms in total. The van der Waals surface area contributed by atoms with Gasteiger partial charge in [0.05, 0.1) is 13.0 Å². The zero-order valence-electron chi connectivity index (χ0n) is 20.0. The summed E-state index contributed by atoms with van der Waals surface area (Å²) in [6.45, 7) is 5.39. The van der Waals surface area contributed by atoms with Gasteiger partial charge in [0.25, 0.3) is 0 Å². The number of hydrogen-bond donors (Lipinski definition) is 1. The van der Waals surface area contributed by atoms with Crippen LogP contribution in [0.2, 0.25) is 0 Å². The van der Waals surface area contributed by atoms with Gasteiger partial charge in [0.1, 0.15) is 6.04 Å². The molecule has 0 radical (unpaired) electrons. The van der Waals surface area contributed by atoms with E-state index in [1.54, 1.807) is 0 Å². The molecule has 0 unspecified atom stereocenters. The summed E-state index contributed by atoms with van der Waals surface area (Å²) < 4.78 is 5.10. The molecule has 176 valence electrons. The first kappa shape index (κ1) is 23.7. The largest absolute Gasteiger partial charge is 0.468 e. The Balaban J connectivity index is 1.54. The summed E-state index contributed by atoms with van der Waals surface area (Å²) in [4.78, 5) is 28.3. The second-order valence-corrected chi connectivity index (χ2v) is 9.09. The standard InChI is InChI=1S/C29H32N2O3/c1-20-14-15-21(2)24(16-20)18-31-19-25(17-26(31)29(33)34-3)30-28(32)27(22-10-6-4-7-11-22)23-12-8-5-9-13-23/h4-16,25-27H,17-19H2,1-3H3,(H,30,32)/t25-,26+/m1/s1. The van der Waals surface area contributed by atoms with Crippen LogP contribution in [-0.4, -0.2) is 42.5 Å². The Morgan fingerprint density at radius 1 is 0.971 bits per heavy atom. The van der Waals surface area contributed by atoms with E-state index in [0.717, 1.165) is 11.1 Å². The molecule has 1 fully saturated rings. The number of nitrogens with zero attached hydrogens (tertiary/aromatic N) is 1. The predicted molar refractivity (Wildman–Crippen MR) is 133 cm³/mol. The number of aryl methyl sites for hydroxylation is 2. The van der Waals surface area contributed by atoms with Gasteiger partial charge < -0.3 is 10.1 Å². The van der Waals surface area contributed by atoms with E-state index >= 15 is 0 Å². The van der Waals surface area contributed by atoms with E-state index in [1.165, 1.54) is 23.8 Å². The Bertz CT molecular complexity index is 1090. The summed E-state index contributed by atoms with van der Waals surface area (Å²) in [7, 11) is 1.42. The second kappa shape index (κ2) is 10.7. The number of methoxy groups -OCH3 is 1. The van der Waals surface area contributed by atoms with E-state index in [1.807, 2.05) is 60.7 Å². The molecule has 34 heavy (non-hydrogen) atoms. The van der Waals surface area contributed by atoms with Crippen molar-refractivity contribution in [3.05, 3.63) is 107 Å². The van der Waals surface area contributed by atoms with E-state index in [2.05, 4.69) is 42.3 Å². The predicted octanol–water partition coefficient (Wildman–Crippen LogP) is 4.37. The molecule has 1 heterocycles. The first-order valence-corrected chi connectivity index (χ1v) is 11.7. The Hall–Kier alpha value is -3.44. The molecule has 1 amide bonds. The Morgan fingerprint density at radius 3 is 2.18 bits per heavy atom. The first-order valence-electron chi connectivity index (χ1n) is 11.7. The van der Waals surface area contributed by atoms with Crippen LogP contribution in [0.5, 0.6) is 0 Å². The number of hydrogen-bond acceptors (Lipinski definition) is 4. The molecule has 0 bridgehead atoms. The fourth-order valence-electron chi connectivity index (χ4n) is 4.82. The zero-order valence-corrected chi connectivity index (χ0v) is 20.0. The van der Waals surface area contributed by atoms with Gasteiger partial charge >= 0.3 is 5.97 Å². The molecule has 4 rings (SSSR count). The highest BCUT2D eigenvalue weighted by molar-refractivity contribution is 5.87. The van der Waals surface area contributed by atoms with Crippen LogP contribution >= 0.6 is 0 Å². The van der Waals surface area contributed by atoms with Gasteiger partial charge in [-0.3, -0.25) is 14.5 Å². The second-order valence-electron chi connectivity index (χ2n) is 9.09. The number of likely N-dealkylation sites (tertiary alicyclic amines) is 1. The van der Waals surface area contributed by atoms with Gasteiger partial charge in [-0.1, -0.05) is 84.4 Å². The maximum atomic E-state index is 13.6. The molecule has 1 N–H and O–H groups in total. The average molecular weight is 457 g/mol. The van der Waals surface area contributed by atoms with Gasteiger partial charge in [-0.05, 0) is 42.5 Å². The van der Waals surface area contributed by atoms with Crippen LogP contribution < -0.4 is 5.32 Å². The van der Waals surface area contributed by atoms with Crippen LogP contribution in [-0.2, 0) is 20.9 Å². The summed E-state index contributed by atoms with van der Waals surface area (Å²) in [5.74, 6) is -0.726. The molecule has 1 aliphatic heterocycles. The molecule has 2 atom stereocenters. The van der Waals surface area contributed by atoms with Crippen LogP contribution in [0.3, 0.4) is 0 Å². The molecule has 3 aromatic rings. The van der Waals surface area contributed by atoms with Crippen molar-refractivity contribution in [3.8, 4) is 0 Å². The maximum Gasteiger partial charge on any atom is 0.323 e. The Morgan fingerprint density at radius 2 is 1.59 bits per heavy atom. The van der Waals surface area contributed by atoms with Crippen LogP contribution in [0.4, 0.5) is 0 Å². The quantitative estimate of drug-likeness (QED) is 0.537. The number of esters is 1. The molecule has 5 heteroatoms. The van der Waals surface area contributed by atoms with E-state index in [9.17, 15) is 9.59 Å². The average Bonchev–Trinajstić information content (AvgIpc) is 3.24. The van der Waals surface area contributed by atoms with Crippen LogP contribution in [0.15, 0.2) is 78.9 Å². The van der Waals surface area contributed by atoms with E-state index in [0.29, 0.717) is 19.5 Å². The van der Waals surface area contributed by atoms with Crippen molar-refractivity contribution in [1.82, 2.24) is 10.2 Å². The maximum absolute atomic E-state index is 13.6. The van der Waals surface area contributed by atoms with Crippen molar-refractivity contribution in [3.63, 3.8) is 0 Å². The molecule has 1 aliphatic rings. The highest BCUT2D eigenvalue weighted by Gasteiger charge is 2.39. The molecule has 0 aromatic heterocycles. The van der Waals surface area contributed by atoms with Gasteiger partial charge in [0.2, 0.25) is 5.91 Å². The minimum Gasteiger partial charge on any atom is -0.468 e. The Kier molecular flexibility index (Phi) is 7.43. The van der Waals surface area contributed by atoms with Gasteiger partial charge in [-0.2, -0.15) is 0 Å². The van der Waals surface area contributed by atoms with Gasteiger partial charge in [-0.15, -0.1) is 0 Å². The van der Waals surface area contributed by atoms with Crippen molar-refractivity contribution in [2.75, 3.05) is 13.7 Å². The third-order valence-electron chi connectivity index (χ3n) is 6.63. The molecule has 3 aromatic carbocycles. The lowest BCUT2D eigenvalue weighted by Gasteiger charge is -2.23. The number of rotatable bonds is 7. The fraction of sp³-hybridized carbons (Fsp3) is 0.310. The highest BCUT2D eigenvalue weighted by Crippen LogP contribution is 2.27. The lowest BCUT2D eigenvalue weighted by atomic mass is 9.90. The monoisotopic (exact) mass is 456 g/mol. The summed E-state index contributed by atoms with van der Waals surface area (Å²) in [5, 5.41) is 3.24. The molecule has 1 saturated heterocycles. The minimum atomic E-state index is -0.410.